The summed E-state index contributed by atoms with van der Waals surface area (Å²) in [6, 6.07) is 0. The first kappa shape index (κ1) is 28.4. The number of hydrogen-bond donors (Lipinski definition) is 6. The van der Waals surface area contributed by atoms with E-state index in [4.69, 9.17) is 34.7 Å². The monoisotopic (exact) mass is 657 g/mol. The van der Waals surface area contributed by atoms with Crippen LogP contribution in [0.15, 0.2) is 17.3 Å². The van der Waals surface area contributed by atoms with Crippen LogP contribution >= 0.6 is 44.2 Å². The largest absolute Gasteiger partial charge is 0.387 e. The third-order valence-corrected chi connectivity index (χ3v) is 10.2. The lowest BCUT2D eigenvalue weighted by atomic mass is 10.00. The van der Waals surface area contributed by atoms with Crippen LogP contribution in [0.5, 0.6) is 0 Å². The zero-order valence-electron chi connectivity index (χ0n) is 21.3. The number of nitrogens with one attached hydrogen (secondary N) is 1. The Kier molecular flexibility index (Phi) is 7.66. The highest BCUT2D eigenvalue weighted by Crippen LogP contribution is 2.54. The number of rotatable bonds is 2. The van der Waals surface area contributed by atoms with Gasteiger partial charge < -0.3 is 39.8 Å². The molecule has 18 nitrogen and oxygen atoms in total. The minimum Gasteiger partial charge on any atom is -0.387 e. The van der Waals surface area contributed by atoms with Gasteiger partial charge in [0.25, 0.3) is 5.56 Å². The summed E-state index contributed by atoms with van der Waals surface area (Å²) in [7, 11) is -1.83. The number of thioether (sulfide) groups is 1. The molecule has 42 heavy (non-hydrogen) atoms. The van der Waals surface area contributed by atoms with Gasteiger partial charge >= 0.3 is 0 Å². The van der Waals surface area contributed by atoms with E-state index in [0.29, 0.717) is 17.8 Å². The van der Waals surface area contributed by atoms with E-state index in [1.54, 1.807) is 10.7 Å². The van der Waals surface area contributed by atoms with E-state index in [1.165, 1.54) is 22.8 Å². The van der Waals surface area contributed by atoms with Crippen LogP contribution in [0.3, 0.4) is 0 Å². The number of imidazole rings is 1. The molecule has 0 radical (unpaired) electrons. The molecule has 4 aromatic rings. The Morgan fingerprint density at radius 3 is 2.93 bits per heavy atom. The van der Waals surface area contributed by atoms with Gasteiger partial charge in [-0.2, -0.15) is 10.1 Å². The van der Waals surface area contributed by atoms with Crippen molar-refractivity contribution in [1.29, 1.82) is 0 Å². The van der Waals surface area contributed by atoms with Gasteiger partial charge in [0.05, 0.1) is 31.2 Å². The lowest BCUT2D eigenvalue weighted by molar-refractivity contribution is -0.132. The van der Waals surface area contributed by atoms with Crippen LogP contribution < -0.4 is 17.0 Å². The van der Waals surface area contributed by atoms with Crippen molar-refractivity contribution in [3.8, 4) is 0 Å². The van der Waals surface area contributed by atoms with Gasteiger partial charge in [0.2, 0.25) is 19.1 Å². The number of thiol groups is 2. The second kappa shape index (κ2) is 11.3. The second-order valence-corrected chi connectivity index (χ2v) is 13.2. The molecule has 9 atom stereocenters. The maximum atomic E-state index is 12.3. The summed E-state index contributed by atoms with van der Waals surface area (Å²) in [4.78, 5) is 27.2. The number of anilines is 2. The molecule has 6 N–H and O–H groups in total. The molecule has 0 amide bonds. The van der Waals surface area contributed by atoms with Gasteiger partial charge in [-0.3, -0.25) is 9.78 Å². The third kappa shape index (κ3) is 5.10. The van der Waals surface area contributed by atoms with E-state index < -0.39 is 47.9 Å². The number of nitrogen functional groups attached to an aromatic ring is 2. The number of aromatic amines is 1. The summed E-state index contributed by atoms with van der Waals surface area (Å²) < 4.78 is 33.4. The Morgan fingerprint density at radius 2 is 2.07 bits per heavy atom. The Hall–Kier alpha value is -2.33. The summed E-state index contributed by atoms with van der Waals surface area (Å²) in [5.74, 6) is 0.0309. The van der Waals surface area contributed by atoms with E-state index in [9.17, 15) is 9.90 Å². The Balaban J connectivity index is 1.14. The van der Waals surface area contributed by atoms with Crippen LogP contribution in [0, 0.1) is 5.92 Å². The van der Waals surface area contributed by atoms with Gasteiger partial charge in [-0.25, -0.2) is 19.2 Å². The second-order valence-electron chi connectivity index (χ2n) is 9.65. The van der Waals surface area contributed by atoms with Gasteiger partial charge in [0, 0.05) is 5.92 Å². The fraction of sp³-hybridized carbons (Fsp3) is 0.550. The lowest BCUT2D eigenvalue weighted by Gasteiger charge is -2.25. The van der Waals surface area contributed by atoms with Crippen LogP contribution in [0.1, 0.15) is 23.6 Å². The minimum absolute atomic E-state index is 0.0179. The highest BCUT2D eigenvalue weighted by molar-refractivity contribution is 8.41. The Morgan fingerprint density at radius 1 is 1.21 bits per heavy atom. The van der Waals surface area contributed by atoms with Crippen molar-refractivity contribution < 1.29 is 28.4 Å². The minimum atomic E-state index is -1.83. The number of aliphatic hydroxyl groups excluding tert-OH is 1. The van der Waals surface area contributed by atoms with Crippen molar-refractivity contribution in [1.82, 2.24) is 44.5 Å². The van der Waals surface area contributed by atoms with E-state index in [0.717, 1.165) is 0 Å². The number of aliphatic hydroxyl groups is 1. The molecule has 4 aromatic heterocycles. The van der Waals surface area contributed by atoms with Crippen molar-refractivity contribution in [2.45, 2.75) is 47.3 Å². The molecule has 7 rings (SSSR count). The van der Waals surface area contributed by atoms with E-state index in [1.807, 2.05) is 0 Å². The predicted octanol–water partition coefficient (Wildman–Crippen LogP) is 0.0142. The van der Waals surface area contributed by atoms with E-state index >= 15 is 0 Å². The fourth-order valence-electron chi connectivity index (χ4n) is 5.12. The Labute approximate surface area is 251 Å². The normalized spacial score (nSPS) is 34.2. The van der Waals surface area contributed by atoms with Gasteiger partial charge in [-0.15, -0.1) is 17.7 Å². The van der Waals surface area contributed by atoms with Gasteiger partial charge in [-0.1, -0.05) is 29.2 Å². The maximum Gasteiger partial charge on any atom is 0.282 e. The molecule has 0 aliphatic carbocycles. The molecule has 3 fully saturated rings. The molecular weight excluding hydrogens is 633 g/mol. The number of hydrogen-bond acceptors (Lipinski definition) is 18. The molecule has 3 saturated heterocycles. The summed E-state index contributed by atoms with van der Waals surface area (Å²) in [5.41, 5.74) is 10.5. The van der Waals surface area contributed by atoms with Crippen LogP contribution in [-0.4, -0.2) is 92.2 Å². The average molecular weight is 658 g/mol. The smallest absolute Gasteiger partial charge is 0.282 e. The number of nitrogens with two attached hydrogens (primary N) is 2. The van der Waals surface area contributed by atoms with Crippen LogP contribution in [0.2, 0.25) is 0 Å². The number of fused-ring (bicyclic) bond motifs is 5. The quantitative estimate of drug-likeness (QED) is 0.123. The topological polar surface area (TPSA) is 238 Å². The first-order chi connectivity index (χ1) is 20.3. The molecule has 7 heterocycles. The lowest BCUT2D eigenvalue weighted by Crippen LogP contribution is -2.35. The van der Waals surface area contributed by atoms with Crippen molar-refractivity contribution in [3.63, 3.8) is 0 Å². The van der Waals surface area contributed by atoms with E-state index in [2.05, 4.69) is 60.2 Å². The SMILES string of the molecule is Nc1nc2c(nnn2[C@@H]2SC3OC(S)OC[C@H]4C[C@H](c5cnc6c(N)ncnn56)O[C@@H]4COP(S)O[C@@H]2[C@@H]3O)c(=O)[nH]1. The van der Waals surface area contributed by atoms with Gasteiger partial charge in [0.15, 0.2) is 22.6 Å². The third-order valence-electron chi connectivity index (χ3n) is 7.10. The highest BCUT2D eigenvalue weighted by atomic mass is 32.7. The molecule has 3 aliphatic rings. The van der Waals surface area contributed by atoms with Crippen LogP contribution in [-0.2, 0) is 23.3 Å². The molecule has 3 aliphatic heterocycles. The van der Waals surface area contributed by atoms with Crippen molar-refractivity contribution in [2.75, 3.05) is 24.7 Å². The van der Waals surface area contributed by atoms with E-state index in [-0.39, 0.29) is 48.2 Å². The molecule has 2 bridgehead atoms. The number of nitrogens with zero attached hydrogens (tertiary/aromatic N) is 8. The average Bonchev–Trinajstić information content (AvgIpc) is 3.72. The molecule has 0 saturated carbocycles. The van der Waals surface area contributed by atoms with Crippen molar-refractivity contribution in [3.05, 3.63) is 28.6 Å². The number of H-pyrrole nitrogens is 1. The molecule has 0 spiro atoms. The summed E-state index contributed by atoms with van der Waals surface area (Å²) >= 11 is 10.2. The summed E-state index contributed by atoms with van der Waals surface area (Å²) in [6.45, 7) is 0.341. The number of ether oxygens (including phenoxy) is 3. The standard InChI is InChI=1S/C20H24N11O7PS3/c21-13-15-23-2-7(30(15)25-5-24-13)8-1-6-3-34-20(40)37-18-11(32)12(38-39(41)35-4-9(6)36-8)17(42-18)31-14-10(28-29-31)16(33)27-19(22)26-14/h2,5-6,8-9,11-12,17-18,20,32,40-41H,1,3-4H2,(H2,21,24,25)(H3,22,26,27,33)/t6-,8-,9-,11+,12-,17-,18?,20?,39?/m1/s1. The highest BCUT2D eigenvalue weighted by Gasteiger charge is 2.50. The Bertz CT molecular complexity index is 1680. The van der Waals surface area contributed by atoms with Gasteiger partial charge in [0.1, 0.15) is 35.4 Å². The first-order valence-electron chi connectivity index (χ1n) is 12.5. The summed E-state index contributed by atoms with van der Waals surface area (Å²) in [5, 5.41) is 22.7. The van der Waals surface area contributed by atoms with Crippen molar-refractivity contribution >= 4 is 72.8 Å². The molecular formula is C20H24N11O7PS3. The van der Waals surface area contributed by atoms with Crippen LogP contribution in [0.4, 0.5) is 11.8 Å². The predicted molar refractivity (Wildman–Crippen MR) is 154 cm³/mol. The zero-order valence-corrected chi connectivity index (χ0v) is 24.8. The zero-order chi connectivity index (χ0) is 29.1. The fourth-order valence-corrected chi connectivity index (χ4v) is 8.20. The first-order valence-corrected chi connectivity index (χ1v) is 16.3. The van der Waals surface area contributed by atoms with Gasteiger partial charge in [-0.05, 0) is 6.42 Å². The van der Waals surface area contributed by atoms with Crippen LogP contribution in [0.25, 0.3) is 16.8 Å². The molecule has 224 valence electrons. The molecule has 22 heteroatoms. The summed E-state index contributed by atoms with van der Waals surface area (Å²) in [6.07, 6.45) is 0.665. The van der Waals surface area contributed by atoms with Crippen molar-refractivity contribution in [2.24, 2.45) is 5.92 Å². The maximum absolute atomic E-state index is 12.3. The molecule has 3 unspecified atom stereocenters. The molecule has 0 aromatic carbocycles. The number of aromatic nitrogens is 9.